The number of nitrogens with zero attached hydrogens (tertiary/aromatic N) is 3. The Morgan fingerprint density at radius 3 is 2.23 bits per heavy atom. The lowest BCUT2D eigenvalue weighted by Crippen LogP contribution is -2.32. The first-order chi connectivity index (χ1) is 14.3. The number of nitrogens with one attached hydrogen (secondary N) is 1. The van der Waals surface area contributed by atoms with E-state index in [4.69, 9.17) is 5.26 Å². The number of amides is 2. The summed E-state index contributed by atoms with van der Waals surface area (Å²) < 4.78 is 1.28. The first-order valence-corrected chi connectivity index (χ1v) is 10.1. The Bertz CT molecular complexity index is 1010. The van der Waals surface area contributed by atoms with Crippen LogP contribution in [0.1, 0.15) is 53.9 Å². The first kappa shape index (κ1) is 22.9. The van der Waals surface area contributed by atoms with Gasteiger partial charge in [0.1, 0.15) is 18.2 Å². The summed E-state index contributed by atoms with van der Waals surface area (Å²) in [4.78, 5) is 39.3. The molecule has 0 spiro atoms. The molecule has 2 rings (SSSR count). The van der Waals surface area contributed by atoms with Crippen LogP contribution in [0.3, 0.4) is 0 Å². The summed E-state index contributed by atoms with van der Waals surface area (Å²) in [5, 5.41) is 11.9. The average Bonchev–Trinajstić information content (AvgIpc) is 2.71. The van der Waals surface area contributed by atoms with Gasteiger partial charge in [-0.2, -0.15) is 5.26 Å². The molecule has 2 amide bonds. The van der Waals surface area contributed by atoms with Crippen molar-refractivity contribution in [2.45, 2.75) is 47.1 Å². The van der Waals surface area contributed by atoms with Gasteiger partial charge in [0.2, 0.25) is 5.91 Å². The van der Waals surface area contributed by atoms with Crippen molar-refractivity contribution < 1.29 is 9.59 Å². The third-order valence-corrected chi connectivity index (χ3v) is 4.81. The maximum atomic E-state index is 12.6. The highest BCUT2D eigenvalue weighted by Crippen LogP contribution is 2.13. The van der Waals surface area contributed by atoms with E-state index in [2.05, 4.69) is 5.32 Å². The van der Waals surface area contributed by atoms with E-state index in [0.717, 1.165) is 12.8 Å². The van der Waals surface area contributed by atoms with Crippen LogP contribution in [0.2, 0.25) is 0 Å². The lowest BCUT2D eigenvalue weighted by Gasteiger charge is -2.21. The number of nitriles is 1. The molecule has 0 saturated heterocycles. The monoisotopic (exact) mass is 408 g/mol. The van der Waals surface area contributed by atoms with E-state index in [-0.39, 0.29) is 23.9 Å². The third-order valence-electron chi connectivity index (χ3n) is 4.81. The van der Waals surface area contributed by atoms with E-state index in [1.54, 1.807) is 44.2 Å². The Morgan fingerprint density at radius 1 is 1.10 bits per heavy atom. The zero-order valence-electron chi connectivity index (χ0n) is 18.0. The molecule has 1 heterocycles. The maximum absolute atomic E-state index is 12.6. The normalized spacial score (nSPS) is 10.4. The summed E-state index contributed by atoms with van der Waals surface area (Å²) in [7, 11) is 0. The molecule has 2 aromatic rings. The lowest BCUT2D eigenvalue weighted by atomic mass is 10.1. The molecule has 158 valence electrons. The van der Waals surface area contributed by atoms with Gasteiger partial charge in [-0.3, -0.25) is 14.4 Å². The zero-order chi connectivity index (χ0) is 22.3. The quantitative estimate of drug-likeness (QED) is 0.725. The number of anilines is 1. The van der Waals surface area contributed by atoms with Crippen LogP contribution in [-0.4, -0.2) is 34.4 Å². The molecule has 0 unspecified atom stereocenters. The van der Waals surface area contributed by atoms with Gasteiger partial charge in [-0.15, -0.1) is 0 Å². The summed E-state index contributed by atoms with van der Waals surface area (Å²) in [6.07, 6.45) is 1.79. The van der Waals surface area contributed by atoms with Crippen molar-refractivity contribution >= 4 is 17.5 Å². The average molecular weight is 409 g/mol. The first-order valence-electron chi connectivity index (χ1n) is 10.1. The molecule has 0 radical (unpaired) electrons. The molecule has 0 fully saturated rings. The Labute approximate surface area is 176 Å². The molecule has 0 aliphatic rings. The fraction of sp³-hybridized carbons (Fsp3) is 0.391. The number of hydrogen-bond acceptors (Lipinski definition) is 4. The van der Waals surface area contributed by atoms with Gasteiger partial charge in [0, 0.05) is 30.0 Å². The Kier molecular flexibility index (Phi) is 7.93. The van der Waals surface area contributed by atoms with Crippen LogP contribution in [0.5, 0.6) is 0 Å². The number of carbonyl (C=O) groups is 2. The zero-order valence-corrected chi connectivity index (χ0v) is 18.0. The number of aryl methyl sites for hydroxylation is 2. The van der Waals surface area contributed by atoms with Crippen LogP contribution in [0.4, 0.5) is 5.69 Å². The van der Waals surface area contributed by atoms with Gasteiger partial charge >= 0.3 is 0 Å². The minimum Gasteiger partial charge on any atom is -0.339 e. The number of carbonyl (C=O) groups excluding carboxylic acids is 2. The molecule has 0 aliphatic carbocycles. The summed E-state index contributed by atoms with van der Waals surface area (Å²) in [6.45, 7) is 8.72. The molecule has 7 nitrogen and oxygen atoms in total. The number of rotatable bonds is 8. The van der Waals surface area contributed by atoms with Crippen LogP contribution < -0.4 is 10.9 Å². The van der Waals surface area contributed by atoms with Gasteiger partial charge in [-0.1, -0.05) is 13.8 Å². The minimum atomic E-state index is -0.474. The largest absolute Gasteiger partial charge is 0.339 e. The van der Waals surface area contributed by atoms with Gasteiger partial charge in [0.25, 0.3) is 11.5 Å². The fourth-order valence-corrected chi connectivity index (χ4v) is 3.34. The second-order valence-electron chi connectivity index (χ2n) is 7.26. The molecule has 30 heavy (non-hydrogen) atoms. The van der Waals surface area contributed by atoms with Crippen molar-refractivity contribution in [2.75, 3.05) is 18.4 Å². The molecule has 0 atom stereocenters. The van der Waals surface area contributed by atoms with Crippen LogP contribution in [0.15, 0.2) is 35.1 Å². The van der Waals surface area contributed by atoms with Crippen molar-refractivity contribution in [3.8, 4) is 6.07 Å². The van der Waals surface area contributed by atoms with E-state index in [9.17, 15) is 14.4 Å². The van der Waals surface area contributed by atoms with Gasteiger partial charge in [-0.05, 0) is 62.6 Å². The molecule has 0 bridgehead atoms. The maximum Gasteiger partial charge on any atom is 0.269 e. The second kappa shape index (κ2) is 10.4. The minimum absolute atomic E-state index is 0.0255. The predicted octanol–water partition coefficient (Wildman–Crippen LogP) is 3.24. The van der Waals surface area contributed by atoms with E-state index >= 15 is 0 Å². The fourth-order valence-electron chi connectivity index (χ4n) is 3.34. The summed E-state index contributed by atoms with van der Waals surface area (Å²) in [6, 6.07) is 10.3. The van der Waals surface area contributed by atoms with Gasteiger partial charge < -0.3 is 14.8 Å². The van der Waals surface area contributed by atoms with Crippen molar-refractivity contribution in [2.24, 2.45) is 0 Å². The molecule has 1 aromatic carbocycles. The van der Waals surface area contributed by atoms with E-state index in [1.165, 1.54) is 4.57 Å². The molecular formula is C23H28N4O3. The molecular weight excluding hydrogens is 380 g/mol. The highest BCUT2D eigenvalue weighted by atomic mass is 16.2. The van der Waals surface area contributed by atoms with Crippen LogP contribution >= 0.6 is 0 Å². The number of benzene rings is 1. The molecule has 7 heteroatoms. The van der Waals surface area contributed by atoms with Gasteiger partial charge in [0.15, 0.2) is 0 Å². The van der Waals surface area contributed by atoms with Crippen LogP contribution in [0, 0.1) is 25.2 Å². The molecule has 0 aliphatic heterocycles. The van der Waals surface area contributed by atoms with E-state index in [0.29, 0.717) is 35.6 Å². The van der Waals surface area contributed by atoms with E-state index in [1.807, 2.05) is 24.8 Å². The van der Waals surface area contributed by atoms with Crippen LogP contribution in [-0.2, 0) is 11.3 Å². The summed E-state index contributed by atoms with van der Waals surface area (Å²) in [5.41, 5.74) is 1.88. The Hall–Kier alpha value is -3.40. The van der Waals surface area contributed by atoms with Gasteiger partial charge in [-0.25, -0.2) is 0 Å². The van der Waals surface area contributed by atoms with Crippen LogP contribution in [0.25, 0.3) is 0 Å². The van der Waals surface area contributed by atoms with Gasteiger partial charge in [0.05, 0.1) is 0 Å². The molecule has 1 aromatic heterocycles. The Balaban J connectivity index is 2.11. The summed E-state index contributed by atoms with van der Waals surface area (Å²) >= 11 is 0. The number of pyridine rings is 1. The standard InChI is InChI=1S/C23H28N4O3/c1-5-11-26(12-6-2)22(29)18-7-9-19(10-8-18)25-21(28)15-27-17(4)13-16(3)20(14-24)23(27)30/h7-10,13H,5-6,11-12,15H2,1-4H3,(H,25,28). The topological polar surface area (TPSA) is 95.2 Å². The highest BCUT2D eigenvalue weighted by Gasteiger charge is 2.15. The SMILES string of the molecule is CCCN(CCC)C(=O)c1ccc(NC(=O)Cn2c(C)cc(C)c(C#N)c2=O)cc1. The molecule has 1 N–H and O–H groups in total. The second-order valence-corrected chi connectivity index (χ2v) is 7.26. The number of hydrogen-bond donors (Lipinski definition) is 1. The van der Waals surface area contributed by atoms with Crippen molar-refractivity contribution in [1.82, 2.24) is 9.47 Å². The summed E-state index contributed by atoms with van der Waals surface area (Å²) in [5.74, 6) is -0.409. The number of aromatic nitrogens is 1. The molecule has 0 saturated carbocycles. The predicted molar refractivity (Wildman–Crippen MR) is 116 cm³/mol. The highest BCUT2D eigenvalue weighted by molar-refractivity contribution is 5.95. The van der Waals surface area contributed by atoms with Crippen molar-refractivity contribution in [3.63, 3.8) is 0 Å². The van der Waals surface area contributed by atoms with Crippen molar-refractivity contribution in [3.05, 3.63) is 63.1 Å². The third kappa shape index (κ3) is 5.35. The smallest absolute Gasteiger partial charge is 0.269 e. The van der Waals surface area contributed by atoms with Crippen molar-refractivity contribution in [1.29, 1.82) is 5.26 Å². The lowest BCUT2D eigenvalue weighted by molar-refractivity contribution is -0.116. The Morgan fingerprint density at radius 2 is 1.70 bits per heavy atom. The van der Waals surface area contributed by atoms with E-state index < -0.39 is 5.56 Å².